The molecule has 1 aliphatic heterocycles. The zero-order valence-electron chi connectivity index (χ0n) is 10.1. The minimum atomic E-state index is -0.486. The molecule has 1 fully saturated rings. The molecule has 0 atom stereocenters. The molecule has 0 aromatic heterocycles. The Morgan fingerprint density at radius 3 is 2.78 bits per heavy atom. The highest BCUT2D eigenvalue weighted by atomic mass is 79.9. The van der Waals surface area contributed by atoms with E-state index in [0.29, 0.717) is 32.6 Å². The lowest BCUT2D eigenvalue weighted by molar-refractivity contribution is -0.130. The van der Waals surface area contributed by atoms with E-state index in [1.807, 2.05) is 24.3 Å². The van der Waals surface area contributed by atoms with Gasteiger partial charge in [0.15, 0.2) is 0 Å². The number of ether oxygens (including phenoxy) is 1. The van der Waals surface area contributed by atoms with Crippen molar-refractivity contribution in [2.75, 3.05) is 25.1 Å². The van der Waals surface area contributed by atoms with Crippen LogP contribution in [0.2, 0.25) is 0 Å². The Bertz CT molecular complexity index is 431. The van der Waals surface area contributed by atoms with Crippen molar-refractivity contribution in [3.8, 4) is 0 Å². The maximum Gasteiger partial charge on any atom is 0.232 e. The van der Waals surface area contributed by atoms with Crippen LogP contribution in [0.25, 0.3) is 0 Å². The van der Waals surface area contributed by atoms with Crippen LogP contribution in [0, 0.1) is 5.41 Å². The molecule has 4 nitrogen and oxygen atoms in total. The molecule has 1 heterocycles. The molecule has 1 aliphatic rings. The van der Waals surface area contributed by atoms with Gasteiger partial charge in [0, 0.05) is 29.9 Å². The summed E-state index contributed by atoms with van der Waals surface area (Å²) < 4.78 is 6.24. The lowest BCUT2D eigenvalue weighted by Crippen LogP contribution is -2.46. The molecule has 98 valence electrons. The molecule has 0 radical (unpaired) electrons. The number of benzene rings is 1. The zero-order chi connectivity index (χ0) is 13.0. The smallest absolute Gasteiger partial charge is 0.232 e. The fraction of sp³-hybridized carbons (Fsp3) is 0.462. The van der Waals surface area contributed by atoms with Gasteiger partial charge in [-0.1, -0.05) is 22.0 Å². The maximum atomic E-state index is 12.4. The van der Waals surface area contributed by atoms with Crippen LogP contribution in [-0.2, 0) is 9.53 Å². The first-order valence-corrected chi connectivity index (χ1v) is 6.80. The third-order valence-corrected chi connectivity index (χ3v) is 3.90. The van der Waals surface area contributed by atoms with Crippen molar-refractivity contribution in [2.45, 2.75) is 12.8 Å². The van der Waals surface area contributed by atoms with Gasteiger partial charge in [-0.15, -0.1) is 0 Å². The van der Waals surface area contributed by atoms with E-state index in [1.165, 1.54) is 0 Å². The van der Waals surface area contributed by atoms with Gasteiger partial charge in [0.2, 0.25) is 5.91 Å². The van der Waals surface area contributed by atoms with Gasteiger partial charge in [0.1, 0.15) is 0 Å². The van der Waals surface area contributed by atoms with Crippen molar-refractivity contribution in [2.24, 2.45) is 11.1 Å². The van der Waals surface area contributed by atoms with E-state index >= 15 is 0 Å². The number of hydrogen-bond donors (Lipinski definition) is 2. The summed E-state index contributed by atoms with van der Waals surface area (Å²) in [5.41, 5.74) is 6.10. The third kappa shape index (κ3) is 2.91. The molecule has 1 aromatic carbocycles. The Hall–Kier alpha value is -0.910. The fourth-order valence-corrected chi connectivity index (χ4v) is 2.52. The summed E-state index contributed by atoms with van der Waals surface area (Å²) >= 11 is 3.38. The first kappa shape index (κ1) is 13.5. The lowest BCUT2D eigenvalue weighted by Gasteiger charge is -2.34. The summed E-state index contributed by atoms with van der Waals surface area (Å²) in [5, 5.41) is 2.94. The summed E-state index contributed by atoms with van der Waals surface area (Å²) in [7, 11) is 0. The SMILES string of the molecule is NCC1(C(=O)Nc2cccc(Br)c2)CCOCC1. The highest BCUT2D eigenvalue weighted by molar-refractivity contribution is 9.10. The predicted octanol–water partition coefficient (Wildman–Crippen LogP) is 2.14. The Morgan fingerprint density at radius 1 is 1.44 bits per heavy atom. The minimum Gasteiger partial charge on any atom is -0.381 e. The third-order valence-electron chi connectivity index (χ3n) is 3.40. The average Bonchev–Trinajstić information content (AvgIpc) is 2.39. The Morgan fingerprint density at radius 2 is 2.17 bits per heavy atom. The summed E-state index contributed by atoms with van der Waals surface area (Å²) in [5.74, 6) is -0.00796. The van der Waals surface area contributed by atoms with Crippen LogP contribution in [0.1, 0.15) is 12.8 Å². The van der Waals surface area contributed by atoms with Gasteiger partial charge >= 0.3 is 0 Å². The van der Waals surface area contributed by atoms with E-state index in [1.54, 1.807) is 0 Å². The Balaban J connectivity index is 2.10. The monoisotopic (exact) mass is 312 g/mol. The maximum absolute atomic E-state index is 12.4. The van der Waals surface area contributed by atoms with Gasteiger partial charge in [-0.2, -0.15) is 0 Å². The largest absolute Gasteiger partial charge is 0.381 e. The molecule has 0 unspecified atom stereocenters. The first-order valence-electron chi connectivity index (χ1n) is 6.01. The molecule has 2 rings (SSSR count). The van der Waals surface area contributed by atoms with Crippen molar-refractivity contribution in [1.82, 2.24) is 0 Å². The number of carbonyl (C=O) groups is 1. The van der Waals surface area contributed by atoms with Gasteiger partial charge in [-0.3, -0.25) is 4.79 Å². The summed E-state index contributed by atoms with van der Waals surface area (Å²) in [6, 6.07) is 7.55. The summed E-state index contributed by atoms with van der Waals surface area (Å²) in [4.78, 5) is 12.4. The molecule has 0 saturated carbocycles. The number of nitrogens with two attached hydrogens (primary N) is 1. The van der Waals surface area contributed by atoms with Crippen LogP contribution in [0.5, 0.6) is 0 Å². The second-order valence-corrected chi connectivity index (χ2v) is 5.48. The molecular formula is C13H17BrN2O2. The van der Waals surface area contributed by atoms with Crippen molar-refractivity contribution in [1.29, 1.82) is 0 Å². The Labute approximate surface area is 115 Å². The quantitative estimate of drug-likeness (QED) is 0.898. The van der Waals surface area contributed by atoms with Gasteiger partial charge < -0.3 is 15.8 Å². The van der Waals surface area contributed by atoms with Crippen LogP contribution in [0.4, 0.5) is 5.69 Å². The van der Waals surface area contributed by atoms with Gasteiger partial charge in [-0.05, 0) is 31.0 Å². The summed E-state index contributed by atoms with van der Waals surface area (Å²) in [6.07, 6.45) is 1.37. The van der Waals surface area contributed by atoms with E-state index in [2.05, 4.69) is 21.2 Å². The number of anilines is 1. The minimum absolute atomic E-state index is 0.00796. The number of amides is 1. The normalized spacial score (nSPS) is 18.3. The molecular weight excluding hydrogens is 296 g/mol. The molecule has 5 heteroatoms. The van der Waals surface area contributed by atoms with Gasteiger partial charge in [-0.25, -0.2) is 0 Å². The first-order chi connectivity index (χ1) is 8.66. The van der Waals surface area contributed by atoms with Crippen molar-refractivity contribution < 1.29 is 9.53 Å². The van der Waals surface area contributed by atoms with Crippen LogP contribution in [0.3, 0.4) is 0 Å². The fourth-order valence-electron chi connectivity index (χ4n) is 2.12. The van der Waals surface area contributed by atoms with Gasteiger partial charge in [0.25, 0.3) is 0 Å². The van der Waals surface area contributed by atoms with Crippen LogP contribution < -0.4 is 11.1 Å². The van der Waals surface area contributed by atoms with Crippen molar-refractivity contribution in [3.05, 3.63) is 28.7 Å². The Kier molecular flexibility index (Phi) is 4.37. The number of hydrogen-bond acceptors (Lipinski definition) is 3. The average molecular weight is 313 g/mol. The van der Waals surface area contributed by atoms with E-state index in [4.69, 9.17) is 10.5 Å². The highest BCUT2D eigenvalue weighted by Crippen LogP contribution is 2.31. The number of halogens is 1. The van der Waals surface area contributed by atoms with E-state index in [9.17, 15) is 4.79 Å². The molecule has 0 aliphatic carbocycles. The van der Waals surface area contributed by atoms with Gasteiger partial charge in [0.05, 0.1) is 5.41 Å². The standard InChI is InChI=1S/C13H17BrN2O2/c14-10-2-1-3-11(8-10)16-12(17)13(9-15)4-6-18-7-5-13/h1-3,8H,4-7,9,15H2,(H,16,17). The van der Waals surface area contributed by atoms with Crippen LogP contribution in [-0.4, -0.2) is 25.7 Å². The topological polar surface area (TPSA) is 64.4 Å². The zero-order valence-corrected chi connectivity index (χ0v) is 11.7. The predicted molar refractivity (Wildman–Crippen MR) is 74.3 cm³/mol. The van der Waals surface area contributed by atoms with Crippen molar-refractivity contribution >= 4 is 27.5 Å². The molecule has 0 bridgehead atoms. The highest BCUT2D eigenvalue weighted by Gasteiger charge is 2.38. The van der Waals surface area contributed by atoms with E-state index in [0.717, 1.165) is 10.2 Å². The lowest BCUT2D eigenvalue weighted by atomic mass is 9.79. The molecule has 1 aromatic rings. The van der Waals surface area contributed by atoms with Crippen LogP contribution >= 0.6 is 15.9 Å². The molecule has 18 heavy (non-hydrogen) atoms. The second-order valence-electron chi connectivity index (χ2n) is 4.56. The number of nitrogens with one attached hydrogen (secondary N) is 1. The molecule has 3 N–H and O–H groups in total. The molecule has 1 amide bonds. The van der Waals surface area contributed by atoms with Crippen molar-refractivity contribution in [3.63, 3.8) is 0 Å². The van der Waals surface area contributed by atoms with E-state index in [-0.39, 0.29) is 5.91 Å². The van der Waals surface area contributed by atoms with E-state index < -0.39 is 5.41 Å². The molecule has 1 saturated heterocycles. The number of carbonyl (C=O) groups excluding carboxylic acids is 1. The molecule has 0 spiro atoms. The van der Waals surface area contributed by atoms with Crippen LogP contribution in [0.15, 0.2) is 28.7 Å². The second kappa shape index (κ2) is 5.82. The summed E-state index contributed by atoms with van der Waals surface area (Å²) in [6.45, 7) is 1.56. The number of rotatable bonds is 3.